The van der Waals surface area contributed by atoms with E-state index < -0.39 is 0 Å². The predicted molar refractivity (Wildman–Crippen MR) is 108 cm³/mol. The van der Waals surface area contributed by atoms with Crippen molar-refractivity contribution in [2.24, 2.45) is 7.05 Å². The Hall–Kier alpha value is -3.20. The van der Waals surface area contributed by atoms with Crippen molar-refractivity contribution >= 4 is 35.0 Å². The van der Waals surface area contributed by atoms with Gasteiger partial charge in [0.15, 0.2) is 0 Å². The molecule has 3 rings (SSSR count). The van der Waals surface area contributed by atoms with Gasteiger partial charge in [0.2, 0.25) is 11.1 Å². The van der Waals surface area contributed by atoms with Crippen LogP contribution in [-0.2, 0) is 11.8 Å². The Morgan fingerprint density at radius 1 is 1.00 bits per heavy atom. The first-order chi connectivity index (χ1) is 13.4. The molecule has 0 aliphatic heterocycles. The summed E-state index contributed by atoms with van der Waals surface area (Å²) >= 11 is 1.24. The minimum atomic E-state index is -0.202. The number of thioether (sulfide) groups is 1. The summed E-state index contributed by atoms with van der Waals surface area (Å²) in [6.07, 6.45) is 0. The zero-order chi connectivity index (χ0) is 20.1. The van der Waals surface area contributed by atoms with Crippen LogP contribution in [0.3, 0.4) is 0 Å². The summed E-state index contributed by atoms with van der Waals surface area (Å²) in [7, 11) is 1.71. The van der Waals surface area contributed by atoms with E-state index in [0.29, 0.717) is 16.4 Å². The lowest BCUT2D eigenvalue weighted by molar-refractivity contribution is -0.113. The second kappa shape index (κ2) is 8.66. The molecule has 0 bridgehead atoms. The largest absolute Gasteiger partial charge is 0.325 e. The molecule has 0 fully saturated rings. The number of carbonyl (C=O) groups excluding carboxylic acids is 2. The fraction of sp³-hybridized carbons (Fsp3) is 0.211. The predicted octanol–water partition coefficient (Wildman–Crippen LogP) is 2.81. The Labute approximate surface area is 166 Å². The fourth-order valence-electron chi connectivity index (χ4n) is 2.40. The lowest BCUT2D eigenvalue weighted by Gasteiger charge is -2.09. The molecule has 1 aromatic heterocycles. The van der Waals surface area contributed by atoms with Crippen LogP contribution < -0.4 is 10.6 Å². The van der Waals surface area contributed by atoms with Gasteiger partial charge in [-0.3, -0.25) is 9.59 Å². The molecule has 144 valence electrons. The smallest absolute Gasteiger partial charge is 0.255 e. The van der Waals surface area contributed by atoms with E-state index in [9.17, 15) is 9.59 Å². The average Bonchev–Trinajstić information content (AvgIpc) is 3.08. The highest BCUT2D eigenvalue weighted by atomic mass is 32.2. The van der Waals surface area contributed by atoms with Crippen molar-refractivity contribution in [2.45, 2.75) is 19.0 Å². The third-order valence-corrected chi connectivity index (χ3v) is 5.12. The minimum Gasteiger partial charge on any atom is -0.325 e. The maximum atomic E-state index is 12.4. The molecule has 0 aliphatic carbocycles. The highest BCUT2D eigenvalue weighted by molar-refractivity contribution is 7.99. The number of nitrogens with zero attached hydrogens (tertiary/aromatic N) is 4. The Bertz CT molecular complexity index is 1000. The molecule has 9 heteroatoms. The number of benzene rings is 2. The molecular formula is C19H20N6O2S. The van der Waals surface area contributed by atoms with Crippen molar-refractivity contribution in [1.29, 1.82) is 0 Å². The first-order valence-electron chi connectivity index (χ1n) is 8.56. The molecule has 0 atom stereocenters. The van der Waals surface area contributed by atoms with Crippen molar-refractivity contribution in [1.82, 2.24) is 20.2 Å². The minimum absolute atomic E-state index is 0.180. The highest BCUT2D eigenvalue weighted by Crippen LogP contribution is 2.17. The molecule has 1 heterocycles. The molecule has 0 saturated heterocycles. The Morgan fingerprint density at radius 2 is 1.71 bits per heavy atom. The number of aryl methyl sites for hydroxylation is 3. The summed E-state index contributed by atoms with van der Waals surface area (Å²) in [6, 6.07) is 12.5. The molecule has 0 spiro atoms. The second-order valence-corrected chi connectivity index (χ2v) is 7.19. The topological polar surface area (TPSA) is 102 Å². The van der Waals surface area contributed by atoms with E-state index in [1.54, 1.807) is 31.3 Å². The van der Waals surface area contributed by atoms with E-state index in [0.717, 1.165) is 11.3 Å². The van der Waals surface area contributed by atoms with Crippen molar-refractivity contribution in [2.75, 3.05) is 16.4 Å². The summed E-state index contributed by atoms with van der Waals surface area (Å²) in [5, 5.41) is 17.3. The Balaban J connectivity index is 1.55. The van der Waals surface area contributed by atoms with Gasteiger partial charge in [-0.2, -0.15) is 0 Å². The zero-order valence-corrected chi connectivity index (χ0v) is 16.6. The Kier molecular flexibility index (Phi) is 6.05. The summed E-state index contributed by atoms with van der Waals surface area (Å²) in [6.45, 7) is 4.03. The number of rotatable bonds is 6. The van der Waals surface area contributed by atoms with Crippen LogP contribution in [0.1, 0.15) is 21.5 Å². The zero-order valence-electron chi connectivity index (χ0n) is 15.8. The van der Waals surface area contributed by atoms with Gasteiger partial charge in [0.1, 0.15) is 0 Å². The normalized spacial score (nSPS) is 10.5. The van der Waals surface area contributed by atoms with Gasteiger partial charge in [0, 0.05) is 24.0 Å². The molecule has 0 saturated carbocycles. The lowest BCUT2D eigenvalue weighted by atomic mass is 10.1. The van der Waals surface area contributed by atoms with E-state index in [4.69, 9.17) is 0 Å². The van der Waals surface area contributed by atoms with Crippen LogP contribution in [0, 0.1) is 13.8 Å². The maximum absolute atomic E-state index is 12.4. The van der Waals surface area contributed by atoms with Crippen molar-refractivity contribution < 1.29 is 9.59 Å². The number of nitrogens with one attached hydrogen (secondary N) is 2. The molecule has 2 amide bonds. The number of hydrogen-bond acceptors (Lipinski definition) is 6. The Morgan fingerprint density at radius 3 is 2.36 bits per heavy atom. The number of tetrazole rings is 1. The monoisotopic (exact) mass is 396 g/mol. The number of carbonyl (C=O) groups is 2. The first kappa shape index (κ1) is 19.6. The summed E-state index contributed by atoms with van der Waals surface area (Å²) < 4.78 is 1.50. The SMILES string of the molecule is Cc1ccc(NC(=O)c2ccc(NC(=O)CSc3nnnn3C)cc2)cc1C. The van der Waals surface area contributed by atoms with E-state index in [2.05, 4.69) is 26.2 Å². The van der Waals surface area contributed by atoms with Crippen LogP contribution >= 0.6 is 11.8 Å². The van der Waals surface area contributed by atoms with E-state index in [1.165, 1.54) is 22.0 Å². The van der Waals surface area contributed by atoms with Crippen LogP contribution in [0.5, 0.6) is 0 Å². The number of aromatic nitrogens is 4. The lowest BCUT2D eigenvalue weighted by Crippen LogP contribution is -2.15. The van der Waals surface area contributed by atoms with Crippen LogP contribution in [0.25, 0.3) is 0 Å². The van der Waals surface area contributed by atoms with Crippen LogP contribution in [0.2, 0.25) is 0 Å². The van der Waals surface area contributed by atoms with Crippen molar-refractivity contribution in [3.63, 3.8) is 0 Å². The summed E-state index contributed by atoms with van der Waals surface area (Å²) in [5.41, 5.74) is 4.17. The third kappa shape index (κ3) is 4.95. The van der Waals surface area contributed by atoms with Crippen LogP contribution in [0.4, 0.5) is 11.4 Å². The molecular weight excluding hydrogens is 376 g/mol. The van der Waals surface area contributed by atoms with Gasteiger partial charge >= 0.3 is 0 Å². The fourth-order valence-corrected chi connectivity index (χ4v) is 3.05. The molecule has 2 N–H and O–H groups in total. The molecule has 0 unspecified atom stereocenters. The van der Waals surface area contributed by atoms with Gasteiger partial charge in [0.25, 0.3) is 5.91 Å². The maximum Gasteiger partial charge on any atom is 0.255 e. The summed E-state index contributed by atoms with van der Waals surface area (Å²) in [4.78, 5) is 24.4. The van der Waals surface area contributed by atoms with Gasteiger partial charge < -0.3 is 10.6 Å². The van der Waals surface area contributed by atoms with Gasteiger partial charge in [-0.05, 0) is 71.8 Å². The first-order valence-corrected chi connectivity index (χ1v) is 9.54. The van der Waals surface area contributed by atoms with Gasteiger partial charge in [-0.25, -0.2) is 4.68 Å². The van der Waals surface area contributed by atoms with Crippen LogP contribution in [-0.4, -0.2) is 37.8 Å². The van der Waals surface area contributed by atoms with E-state index in [1.807, 2.05) is 32.0 Å². The molecule has 8 nitrogen and oxygen atoms in total. The average molecular weight is 396 g/mol. The van der Waals surface area contributed by atoms with Crippen molar-refractivity contribution in [3.05, 3.63) is 59.2 Å². The van der Waals surface area contributed by atoms with Crippen molar-refractivity contribution in [3.8, 4) is 0 Å². The quantitative estimate of drug-likeness (QED) is 0.621. The van der Waals surface area contributed by atoms with Crippen LogP contribution in [0.15, 0.2) is 47.6 Å². The third-order valence-electron chi connectivity index (χ3n) is 4.11. The molecule has 2 aromatic carbocycles. The molecule has 0 radical (unpaired) electrons. The number of anilines is 2. The van der Waals surface area contributed by atoms with E-state index >= 15 is 0 Å². The number of hydrogen-bond donors (Lipinski definition) is 2. The van der Waals surface area contributed by atoms with Gasteiger partial charge in [0.05, 0.1) is 5.75 Å². The number of amides is 2. The second-order valence-electron chi connectivity index (χ2n) is 6.25. The summed E-state index contributed by atoms with van der Waals surface area (Å²) in [5.74, 6) is -0.199. The highest BCUT2D eigenvalue weighted by Gasteiger charge is 2.10. The van der Waals surface area contributed by atoms with Gasteiger partial charge in [-0.15, -0.1) is 5.10 Å². The van der Waals surface area contributed by atoms with E-state index in [-0.39, 0.29) is 17.6 Å². The standard InChI is InChI=1S/C19H20N6O2S/c1-12-4-7-16(10-13(12)2)21-18(27)14-5-8-15(9-6-14)20-17(26)11-28-19-22-23-24-25(19)3/h4-10H,11H2,1-3H3,(H,20,26)(H,21,27). The molecule has 28 heavy (non-hydrogen) atoms. The van der Waals surface area contributed by atoms with Gasteiger partial charge in [-0.1, -0.05) is 17.8 Å². The molecule has 0 aliphatic rings. The molecule has 3 aromatic rings.